The van der Waals surface area contributed by atoms with Crippen LogP contribution in [0.3, 0.4) is 0 Å². The van der Waals surface area contributed by atoms with Crippen molar-refractivity contribution in [2.45, 2.75) is 32.2 Å². The lowest BCUT2D eigenvalue weighted by molar-refractivity contribution is -0.124. The molecule has 1 atom stereocenters. The normalized spacial score (nSPS) is 13.2. The Bertz CT molecular complexity index is 921. The van der Waals surface area contributed by atoms with E-state index in [-0.39, 0.29) is 18.6 Å². The largest absolute Gasteiger partial charge is 0.491 e. The van der Waals surface area contributed by atoms with Gasteiger partial charge in [-0.3, -0.25) is 4.79 Å². The smallest absolute Gasteiger partial charge is 0.243 e. The quantitative estimate of drug-likeness (QED) is 0.669. The van der Waals surface area contributed by atoms with Crippen molar-refractivity contribution in [3.63, 3.8) is 0 Å². The number of nitrogens with one attached hydrogen (secondary N) is 1. The summed E-state index contributed by atoms with van der Waals surface area (Å²) < 4.78 is 31.0. The highest BCUT2D eigenvalue weighted by atomic mass is 32.2. The highest BCUT2D eigenvalue weighted by Gasteiger charge is 2.30. The van der Waals surface area contributed by atoms with Crippen molar-refractivity contribution in [2.24, 2.45) is 0 Å². The Hall–Kier alpha value is -2.38. The molecule has 29 heavy (non-hydrogen) atoms. The highest BCUT2D eigenvalue weighted by molar-refractivity contribution is 7.88. The van der Waals surface area contributed by atoms with E-state index in [2.05, 4.69) is 26.1 Å². The van der Waals surface area contributed by atoms with Gasteiger partial charge in [-0.15, -0.1) is 0 Å². The van der Waals surface area contributed by atoms with Crippen LogP contribution in [0.15, 0.2) is 54.6 Å². The number of sulfonamides is 1. The van der Waals surface area contributed by atoms with Crippen LogP contribution in [-0.4, -0.2) is 45.1 Å². The summed E-state index contributed by atoms with van der Waals surface area (Å²) >= 11 is 0. The first-order valence-corrected chi connectivity index (χ1v) is 11.3. The molecule has 158 valence electrons. The first kappa shape index (κ1) is 22.9. The molecule has 0 aliphatic heterocycles. The average Bonchev–Trinajstić information content (AvgIpc) is 2.65. The van der Waals surface area contributed by atoms with Crippen LogP contribution < -0.4 is 10.1 Å². The number of para-hydroxylation sites is 1. The van der Waals surface area contributed by atoms with Crippen LogP contribution >= 0.6 is 0 Å². The first-order valence-electron chi connectivity index (χ1n) is 9.50. The monoisotopic (exact) mass is 418 g/mol. The van der Waals surface area contributed by atoms with Gasteiger partial charge < -0.3 is 10.1 Å². The van der Waals surface area contributed by atoms with Crippen molar-refractivity contribution in [3.8, 4) is 5.75 Å². The summed E-state index contributed by atoms with van der Waals surface area (Å²) in [6.45, 7) is 6.88. The molecule has 0 heterocycles. The number of hydrogen-bond donors (Lipinski definition) is 1. The lowest BCUT2D eigenvalue weighted by Gasteiger charge is -2.26. The molecular weight excluding hydrogens is 388 g/mol. The Kier molecular flexibility index (Phi) is 7.43. The summed E-state index contributed by atoms with van der Waals surface area (Å²) in [4.78, 5) is 12.8. The van der Waals surface area contributed by atoms with Crippen LogP contribution in [0.5, 0.6) is 5.75 Å². The maximum Gasteiger partial charge on any atom is 0.243 e. The summed E-state index contributed by atoms with van der Waals surface area (Å²) in [5, 5.41) is 2.79. The number of likely N-dealkylation sites (N-methyl/N-ethyl adjacent to an activating group) is 1. The Morgan fingerprint density at radius 3 is 2.24 bits per heavy atom. The van der Waals surface area contributed by atoms with E-state index in [9.17, 15) is 13.2 Å². The summed E-state index contributed by atoms with van der Waals surface area (Å²) in [5.74, 6) is 0.388. The van der Waals surface area contributed by atoms with Crippen molar-refractivity contribution >= 4 is 15.9 Å². The molecule has 0 aliphatic rings. The second kappa shape index (κ2) is 9.41. The molecule has 2 aromatic rings. The van der Waals surface area contributed by atoms with Gasteiger partial charge in [0.05, 0.1) is 12.8 Å². The van der Waals surface area contributed by atoms with Gasteiger partial charge in [-0.2, -0.15) is 4.31 Å². The number of carbonyl (C=O) groups is 1. The van der Waals surface area contributed by atoms with Crippen molar-refractivity contribution in [2.75, 3.05) is 26.5 Å². The molecule has 2 rings (SSSR count). The van der Waals surface area contributed by atoms with Crippen LogP contribution in [0.2, 0.25) is 0 Å². The van der Waals surface area contributed by atoms with Crippen molar-refractivity contribution in [1.29, 1.82) is 0 Å². The minimum absolute atomic E-state index is 0.0591. The average molecular weight is 419 g/mol. The van der Waals surface area contributed by atoms with Crippen molar-refractivity contribution in [3.05, 3.63) is 65.7 Å². The third-order valence-electron chi connectivity index (χ3n) is 4.60. The van der Waals surface area contributed by atoms with E-state index < -0.39 is 22.0 Å². The highest BCUT2D eigenvalue weighted by Crippen LogP contribution is 2.30. The summed E-state index contributed by atoms with van der Waals surface area (Å²) in [6, 6.07) is 15.7. The van der Waals surface area contributed by atoms with E-state index in [1.807, 2.05) is 30.3 Å². The third-order valence-corrected chi connectivity index (χ3v) is 5.86. The molecule has 1 unspecified atom stereocenters. The Balaban J connectivity index is 2.05. The Morgan fingerprint density at radius 2 is 1.66 bits per heavy atom. The zero-order valence-electron chi connectivity index (χ0n) is 17.7. The van der Waals surface area contributed by atoms with Gasteiger partial charge in [-0.1, -0.05) is 69.3 Å². The van der Waals surface area contributed by atoms with Gasteiger partial charge in [-0.25, -0.2) is 8.42 Å². The maximum absolute atomic E-state index is 12.8. The predicted octanol–water partition coefficient (Wildman–Crippen LogP) is 3.11. The molecular formula is C22H30N2O4S. The van der Waals surface area contributed by atoms with Crippen LogP contribution in [-0.2, 0) is 20.2 Å². The molecule has 0 aliphatic carbocycles. The number of carbonyl (C=O) groups excluding carboxylic acids is 1. The molecule has 1 amide bonds. The number of hydrogen-bond acceptors (Lipinski definition) is 4. The number of benzene rings is 2. The van der Waals surface area contributed by atoms with Crippen LogP contribution in [0.4, 0.5) is 0 Å². The molecule has 6 nitrogen and oxygen atoms in total. The zero-order chi connectivity index (χ0) is 21.7. The standard InChI is InChI=1S/C22H30N2O4S/c1-22(2,3)18-13-9-10-14-19(18)28-16-15-23-21(25)20(24(4)29(5,26)27)17-11-7-6-8-12-17/h6-14,20H,15-16H2,1-5H3,(H,23,25). The second-order valence-corrected chi connectivity index (χ2v) is 10.0. The lowest BCUT2D eigenvalue weighted by atomic mass is 9.86. The number of amides is 1. The van der Waals surface area contributed by atoms with Crippen molar-refractivity contribution in [1.82, 2.24) is 9.62 Å². The van der Waals surface area contributed by atoms with Gasteiger partial charge in [0.2, 0.25) is 15.9 Å². The molecule has 0 fully saturated rings. The molecule has 0 saturated heterocycles. The van der Waals surface area contributed by atoms with Gasteiger partial charge in [0.1, 0.15) is 18.4 Å². The zero-order valence-corrected chi connectivity index (χ0v) is 18.5. The molecule has 0 aromatic heterocycles. The molecule has 1 N–H and O–H groups in total. The molecule has 0 bridgehead atoms. The van der Waals surface area contributed by atoms with E-state index in [1.165, 1.54) is 7.05 Å². The van der Waals surface area contributed by atoms with Crippen LogP contribution in [0.1, 0.15) is 37.9 Å². The predicted molar refractivity (Wildman–Crippen MR) is 115 cm³/mol. The number of nitrogens with zero attached hydrogens (tertiary/aromatic N) is 1. The first-order chi connectivity index (χ1) is 13.5. The minimum atomic E-state index is -3.55. The molecule has 2 aromatic carbocycles. The minimum Gasteiger partial charge on any atom is -0.491 e. The van der Waals surface area contributed by atoms with E-state index in [0.29, 0.717) is 5.56 Å². The van der Waals surface area contributed by atoms with Crippen molar-refractivity contribution < 1.29 is 17.9 Å². The maximum atomic E-state index is 12.8. The van der Waals surface area contributed by atoms with Gasteiger partial charge in [0, 0.05) is 7.05 Å². The summed E-state index contributed by atoms with van der Waals surface area (Å²) in [5.41, 5.74) is 1.64. The number of rotatable bonds is 8. The Labute approximate surface area is 173 Å². The lowest BCUT2D eigenvalue weighted by Crippen LogP contribution is -2.42. The molecule has 0 radical (unpaired) electrons. The molecule has 0 spiro atoms. The summed E-state index contributed by atoms with van der Waals surface area (Å²) in [7, 11) is -2.14. The topological polar surface area (TPSA) is 75.7 Å². The number of ether oxygens (including phenoxy) is 1. The van der Waals surface area contributed by atoms with E-state index in [0.717, 1.165) is 21.9 Å². The van der Waals surface area contributed by atoms with Gasteiger partial charge in [0.15, 0.2) is 0 Å². The molecule has 7 heteroatoms. The van der Waals surface area contributed by atoms with Gasteiger partial charge in [0.25, 0.3) is 0 Å². The fourth-order valence-electron chi connectivity index (χ4n) is 3.00. The van der Waals surface area contributed by atoms with E-state index in [4.69, 9.17) is 4.74 Å². The fraction of sp³-hybridized carbons (Fsp3) is 0.409. The summed E-state index contributed by atoms with van der Waals surface area (Å²) in [6.07, 6.45) is 1.09. The molecule has 0 saturated carbocycles. The van der Waals surface area contributed by atoms with E-state index in [1.54, 1.807) is 24.3 Å². The van der Waals surface area contributed by atoms with E-state index >= 15 is 0 Å². The van der Waals surface area contributed by atoms with Gasteiger partial charge in [-0.05, 0) is 22.6 Å². The Morgan fingerprint density at radius 1 is 1.07 bits per heavy atom. The van der Waals surface area contributed by atoms with Gasteiger partial charge >= 0.3 is 0 Å². The van der Waals surface area contributed by atoms with Crippen LogP contribution in [0, 0.1) is 0 Å². The SMILES string of the molecule is CN(C(C(=O)NCCOc1ccccc1C(C)(C)C)c1ccccc1)S(C)(=O)=O. The second-order valence-electron chi connectivity index (χ2n) is 7.98. The third kappa shape index (κ3) is 6.30. The fourth-order valence-corrected chi connectivity index (χ4v) is 3.60. The van der Waals surface area contributed by atoms with Crippen LogP contribution in [0.25, 0.3) is 0 Å².